The van der Waals surface area contributed by atoms with Gasteiger partial charge in [0.1, 0.15) is 34.7 Å². The molecule has 1 aliphatic rings. The Kier molecular flexibility index (Phi) is 4.98. The van der Waals surface area contributed by atoms with Gasteiger partial charge in [-0.15, -0.1) is 0 Å². The van der Waals surface area contributed by atoms with Gasteiger partial charge in [-0.2, -0.15) is 10.4 Å². The third-order valence-electron chi connectivity index (χ3n) is 5.86. The van der Waals surface area contributed by atoms with Crippen molar-refractivity contribution in [3.05, 3.63) is 65.1 Å². The highest BCUT2D eigenvalue weighted by Crippen LogP contribution is 2.40. The van der Waals surface area contributed by atoms with E-state index in [4.69, 9.17) is 10.5 Å². The number of carbonyl (C=O) groups is 1. The number of nitrogen functional groups attached to an aromatic ring is 1. The molecule has 5 rings (SSSR count). The number of H-pyrrole nitrogens is 1. The van der Waals surface area contributed by atoms with Gasteiger partial charge in [-0.3, -0.25) is 4.79 Å². The molecule has 1 saturated carbocycles. The van der Waals surface area contributed by atoms with Gasteiger partial charge in [0.2, 0.25) is 0 Å². The molecule has 1 fully saturated rings. The average molecular weight is 444 g/mol. The maximum absolute atomic E-state index is 13.6. The van der Waals surface area contributed by atoms with Crippen molar-refractivity contribution < 1.29 is 13.9 Å². The molecule has 0 saturated heterocycles. The van der Waals surface area contributed by atoms with Crippen molar-refractivity contribution >= 4 is 22.6 Å². The molecule has 166 valence electrons. The number of benzene rings is 2. The van der Waals surface area contributed by atoms with Crippen LogP contribution in [0.15, 0.2) is 42.6 Å². The first-order valence-corrected chi connectivity index (χ1v) is 10.5. The molecule has 0 bridgehead atoms. The molecule has 0 spiro atoms. The standard InChI is InChI=1S/C24H21FN6O2/c1-33-20-7-3-14(25)10-18(20)24(32)29-12-13-2-6-16(17-8-9-28-21(13)17)22-19(11-26)23(27)31(30-22)15-4-5-15/h2-3,6-10,15,28H,4-5,12,27H2,1H3,(H,29,32). The number of nitrogens with one attached hydrogen (secondary N) is 2. The lowest BCUT2D eigenvalue weighted by atomic mass is 10.0. The van der Waals surface area contributed by atoms with Gasteiger partial charge in [-0.25, -0.2) is 9.07 Å². The van der Waals surface area contributed by atoms with Crippen LogP contribution in [-0.4, -0.2) is 27.8 Å². The third-order valence-corrected chi connectivity index (χ3v) is 5.86. The smallest absolute Gasteiger partial charge is 0.255 e. The molecule has 2 aromatic carbocycles. The summed E-state index contributed by atoms with van der Waals surface area (Å²) in [5, 5.41) is 18.0. The highest BCUT2D eigenvalue weighted by Gasteiger charge is 2.30. The number of rotatable bonds is 6. The number of aromatic nitrogens is 3. The highest BCUT2D eigenvalue weighted by atomic mass is 19.1. The van der Waals surface area contributed by atoms with E-state index in [1.807, 2.05) is 18.2 Å². The van der Waals surface area contributed by atoms with Crippen molar-refractivity contribution in [3.8, 4) is 23.1 Å². The van der Waals surface area contributed by atoms with Crippen LogP contribution in [0.1, 0.15) is 40.4 Å². The molecular weight excluding hydrogens is 423 g/mol. The van der Waals surface area contributed by atoms with Gasteiger partial charge < -0.3 is 20.8 Å². The van der Waals surface area contributed by atoms with Crippen LogP contribution in [0.3, 0.4) is 0 Å². The van der Waals surface area contributed by atoms with Crippen LogP contribution >= 0.6 is 0 Å². The van der Waals surface area contributed by atoms with Gasteiger partial charge >= 0.3 is 0 Å². The molecule has 8 nitrogen and oxygen atoms in total. The molecule has 4 aromatic rings. The summed E-state index contributed by atoms with van der Waals surface area (Å²) in [4.78, 5) is 15.9. The zero-order valence-corrected chi connectivity index (χ0v) is 17.9. The van der Waals surface area contributed by atoms with E-state index in [1.165, 1.54) is 19.2 Å². The van der Waals surface area contributed by atoms with Gasteiger partial charge in [-0.1, -0.05) is 12.1 Å². The van der Waals surface area contributed by atoms with Crippen molar-refractivity contribution in [2.24, 2.45) is 0 Å². The molecular formula is C24H21FN6O2. The first-order chi connectivity index (χ1) is 16.0. The summed E-state index contributed by atoms with van der Waals surface area (Å²) in [6.45, 7) is 0.208. The van der Waals surface area contributed by atoms with E-state index in [9.17, 15) is 14.4 Å². The fourth-order valence-corrected chi connectivity index (χ4v) is 4.04. The number of methoxy groups -OCH3 is 1. The largest absolute Gasteiger partial charge is 0.496 e. The van der Waals surface area contributed by atoms with E-state index in [0.717, 1.165) is 40.9 Å². The van der Waals surface area contributed by atoms with Gasteiger partial charge in [0.05, 0.1) is 24.2 Å². The van der Waals surface area contributed by atoms with E-state index in [1.54, 1.807) is 10.9 Å². The van der Waals surface area contributed by atoms with Crippen LogP contribution < -0.4 is 15.8 Å². The Bertz CT molecular complexity index is 1430. The molecule has 0 aliphatic heterocycles. The summed E-state index contributed by atoms with van der Waals surface area (Å²) in [5.41, 5.74) is 9.66. The van der Waals surface area contributed by atoms with E-state index in [2.05, 4.69) is 21.5 Å². The number of aromatic amines is 1. The number of carbonyl (C=O) groups excluding carboxylic acids is 1. The molecule has 2 aromatic heterocycles. The molecule has 1 amide bonds. The maximum atomic E-state index is 13.6. The van der Waals surface area contributed by atoms with Crippen molar-refractivity contribution in [2.45, 2.75) is 25.4 Å². The SMILES string of the molecule is COc1ccc(F)cc1C(=O)NCc1ccc(-c2nn(C3CC3)c(N)c2C#N)c2cc[nH]c12. The Hall–Kier alpha value is -4.32. The fraction of sp³-hybridized carbons (Fsp3) is 0.208. The molecule has 1 aliphatic carbocycles. The fourth-order valence-electron chi connectivity index (χ4n) is 4.04. The maximum Gasteiger partial charge on any atom is 0.255 e. The Morgan fingerprint density at radius 1 is 1.36 bits per heavy atom. The summed E-state index contributed by atoms with van der Waals surface area (Å²) in [6.07, 6.45) is 3.80. The average Bonchev–Trinajstić information content (AvgIpc) is 3.44. The minimum absolute atomic E-state index is 0.122. The highest BCUT2D eigenvalue weighted by molar-refractivity contribution is 5.99. The van der Waals surface area contributed by atoms with Gasteiger partial charge in [0.15, 0.2) is 0 Å². The summed E-state index contributed by atoms with van der Waals surface area (Å²) in [6, 6.07) is 11.9. The van der Waals surface area contributed by atoms with Crippen LogP contribution in [0.5, 0.6) is 5.75 Å². The molecule has 0 radical (unpaired) electrons. The summed E-state index contributed by atoms with van der Waals surface area (Å²) in [7, 11) is 1.43. The van der Waals surface area contributed by atoms with Crippen molar-refractivity contribution in [3.63, 3.8) is 0 Å². The van der Waals surface area contributed by atoms with Crippen LogP contribution in [0.4, 0.5) is 10.2 Å². The topological polar surface area (TPSA) is 122 Å². The zero-order chi connectivity index (χ0) is 23.1. The number of halogens is 1. The lowest BCUT2D eigenvalue weighted by molar-refractivity contribution is 0.0947. The van der Waals surface area contributed by atoms with Gasteiger partial charge in [0, 0.05) is 23.7 Å². The number of hydrogen-bond donors (Lipinski definition) is 3. The van der Waals surface area contributed by atoms with Crippen LogP contribution in [0, 0.1) is 17.1 Å². The zero-order valence-electron chi connectivity index (χ0n) is 17.9. The number of nitriles is 1. The molecule has 2 heterocycles. The summed E-state index contributed by atoms with van der Waals surface area (Å²) < 4.78 is 20.6. The Morgan fingerprint density at radius 2 is 2.18 bits per heavy atom. The molecule has 9 heteroatoms. The van der Waals surface area contributed by atoms with Crippen LogP contribution in [0.25, 0.3) is 22.2 Å². The van der Waals surface area contributed by atoms with Crippen molar-refractivity contribution in [1.29, 1.82) is 5.26 Å². The monoisotopic (exact) mass is 444 g/mol. The second-order valence-electron chi connectivity index (χ2n) is 7.96. The van der Waals surface area contributed by atoms with Gasteiger partial charge in [-0.05, 0) is 42.7 Å². The lowest BCUT2D eigenvalue weighted by Crippen LogP contribution is -2.23. The van der Waals surface area contributed by atoms with Crippen LogP contribution in [-0.2, 0) is 6.54 Å². The quantitative estimate of drug-likeness (QED) is 0.416. The number of nitrogens with zero attached hydrogens (tertiary/aromatic N) is 3. The third kappa shape index (κ3) is 3.55. The normalized spacial score (nSPS) is 13.1. The predicted octanol–water partition coefficient (Wildman–Crippen LogP) is 3.90. The van der Waals surface area contributed by atoms with E-state index >= 15 is 0 Å². The number of anilines is 1. The Morgan fingerprint density at radius 3 is 2.91 bits per heavy atom. The van der Waals surface area contributed by atoms with E-state index in [-0.39, 0.29) is 18.2 Å². The number of ether oxygens (including phenoxy) is 1. The number of nitrogens with two attached hydrogens (primary N) is 1. The second-order valence-corrected chi connectivity index (χ2v) is 7.96. The molecule has 0 atom stereocenters. The van der Waals surface area contributed by atoms with Crippen molar-refractivity contribution in [2.75, 3.05) is 12.8 Å². The minimum atomic E-state index is -0.518. The second kappa shape index (κ2) is 7.98. The van der Waals surface area contributed by atoms with Crippen LogP contribution in [0.2, 0.25) is 0 Å². The number of amides is 1. The predicted molar refractivity (Wildman–Crippen MR) is 121 cm³/mol. The number of fused-ring (bicyclic) bond motifs is 1. The lowest BCUT2D eigenvalue weighted by Gasteiger charge is -2.11. The number of hydrogen-bond acceptors (Lipinski definition) is 5. The van der Waals surface area contributed by atoms with Gasteiger partial charge in [0.25, 0.3) is 5.91 Å². The van der Waals surface area contributed by atoms with E-state index < -0.39 is 11.7 Å². The molecule has 4 N–H and O–H groups in total. The van der Waals surface area contributed by atoms with Crippen molar-refractivity contribution in [1.82, 2.24) is 20.1 Å². The molecule has 0 unspecified atom stereocenters. The minimum Gasteiger partial charge on any atom is -0.496 e. The summed E-state index contributed by atoms with van der Waals surface area (Å²) in [5.74, 6) is -0.283. The van der Waals surface area contributed by atoms with E-state index in [0.29, 0.717) is 22.8 Å². The Balaban J connectivity index is 1.46. The molecule has 33 heavy (non-hydrogen) atoms. The Labute approximate surface area is 188 Å². The summed E-state index contributed by atoms with van der Waals surface area (Å²) >= 11 is 0. The first-order valence-electron chi connectivity index (χ1n) is 10.5. The first kappa shape index (κ1) is 20.6.